The summed E-state index contributed by atoms with van der Waals surface area (Å²) >= 11 is 7.53. The topological polar surface area (TPSA) is 73.8 Å². The molecule has 0 aliphatic heterocycles. The van der Waals surface area contributed by atoms with Gasteiger partial charge in [-0.3, -0.25) is 9.67 Å². The van der Waals surface area contributed by atoms with Gasteiger partial charge in [-0.25, -0.2) is 0 Å². The van der Waals surface area contributed by atoms with Gasteiger partial charge in [0.1, 0.15) is 12.0 Å². The van der Waals surface area contributed by atoms with Gasteiger partial charge in [-0.2, -0.15) is 14.9 Å². The van der Waals surface area contributed by atoms with E-state index in [1.165, 1.54) is 5.56 Å². The number of halogens is 1. The molecule has 3 heterocycles. The molecule has 0 unspecified atom stereocenters. The van der Waals surface area contributed by atoms with Gasteiger partial charge in [0, 0.05) is 40.5 Å². The predicted octanol–water partition coefficient (Wildman–Crippen LogP) is 5.41. The zero-order valence-electron chi connectivity index (χ0n) is 18.1. The average molecular weight is 486 g/mol. The van der Waals surface area contributed by atoms with Gasteiger partial charge in [0.05, 0.1) is 12.8 Å². The van der Waals surface area contributed by atoms with Gasteiger partial charge in [0.15, 0.2) is 0 Å². The highest BCUT2D eigenvalue weighted by molar-refractivity contribution is 7.98. The Morgan fingerprint density at radius 3 is 2.62 bits per heavy atom. The Labute approximate surface area is 206 Å². The van der Waals surface area contributed by atoms with Gasteiger partial charge in [-0.15, -0.1) is 10.2 Å². The molecule has 9 heteroatoms. The van der Waals surface area contributed by atoms with Crippen molar-refractivity contribution >= 4 is 29.6 Å². The van der Waals surface area contributed by atoms with Crippen LogP contribution < -0.4 is 0 Å². The van der Waals surface area contributed by atoms with E-state index in [9.17, 15) is 0 Å². The number of nitrogens with zero attached hydrogens (tertiary/aromatic N) is 7. The first-order valence-electron chi connectivity index (χ1n) is 10.6. The van der Waals surface area contributed by atoms with E-state index in [0.717, 1.165) is 33.2 Å². The summed E-state index contributed by atoms with van der Waals surface area (Å²) in [5.41, 5.74) is 4.94. The summed E-state index contributed by atoms with van der Waals surface area (Å²) in [5, 5.41) is 19.1. The molecule has 5 aromatic rings. The van der Waals surface area contributed by atoms with Gasteiger partial charge in [-0.1, -0.05) is 65.8 Å². The van der Waals surface area contributed by atoms with Gasteiger partial charge < -0.3 is 0 Å². The lowest BCUT2D eigenvalue weighted by Gasteiger charge is -2.02. The second kappa shape index (κ2) is 10.5. The van der Waals surface area contributed by atoms with Crippen molar-refractivity contribution in [1.82, 2.24) is 29.6 Å². The first-order chi connectivity index (χ1) is 16.7. The van der Waals surface area contributed by atoms with Gasteiger partial charge in [-0.05, 0) is 35.4 Å². The van der Waals surface area contributed by atoms with Crippen LogP contribution >= 0.6 is 23.4 Å². The monoisotopic (exact) mass is 485 g/mol. The highest BCUT2D eigenvalue weighted by atomic mass is 35.5. The molecule has 0 saturated carbocycles. The van der Waals surface area contributed by atoms with E-state index in [1.807, 2.05) is 65.5 Å². The zero-order valence-corrected chi connectivity index (χ0v) is 19.6. The maximum Gasteiger partial charge on any atom is 0.212 e. The number of pyridine rings is 1. The molecule has 0 bridgehead atoms. The summed E-state index contributed by atoms with van der Waals surface area (Å²) in [5.74, 6) is 0.737. The van der Waals surface area contributed by atoms with Gasteiger partial charge >= 0.3 is 0 Å². The van der Waals surface area contributed by atoms with Crippen molar-refractivity contribution in [2.75, 3.05) is 0 Å². The first-order valence-corrected chi connectivity index (χ1v) is 11.9. The van der Waals surface area contributed by atoms with Crippen LogP contribution in [0, 0.1) is 0 Å². The van der Waals surface area contributed by atoms with Crippen LogP contribution in [0.2, 0.25) is 5.02 Å². The summed E-state index contributed by atoms with van der Waals surface area (Å²) in [4.78, 5) is 4.25. The van der Waals surface area contributed by atoms with E-state index in [0.29, 0.717) is 11.7 Å². The van der Waals surface area contributed by atoms with Crippen LogP contribution in [0.4, 0.5) is 0 Å². The molecular formula is C25H20ClN7S. The summed E-state index contributed by atoms with van der Waals surface area (Å²) in [6, 6.07) is 21.9. The summed E-state index contributed by atoms with van der Waals surface area (Å²) in [7, 11) is 0. The molecule has 0 atom stereocenters. The first kappa shape index (κ1) is 22.1. The van der Waals surface area contributed by atoms with Crippen LogP contribution in [0.5, 0.6) is 0 Å². The van der Waals surface area contributed by atoms with E-state index < -0.39 is 0 Å². The lowest BCUT2D eigenvalue weighted by molar-refractivity contribution is 0.689. The third-order valence-electron chi connectivity index (χ3n) is 5.02. The molecular weight excluding hydrogens is 466 g/mol. The van der Waals surface area contributed by atoms with Crippen LogP contribution in [-0.2, 0) is 12.3 Å². The predicted molar refractivity (Wildman–Crippen MR) is 135 cm³/mol. The normalized spacial score (nSPS) is 11.3. The Morgan fingerprint density at radius 1 is 0.971 bits per heavy atom. The van der Waals surface area contributed by atoms with Gasteiger partial charge in [0.2, 0.25) is 5.16 Å². The van der Waals surface area contributed by atoms with E-state index in [4.69, 9.17) is 16.7 Å². The van der Waals surface area contributed by atoms with Crippen LogP contribution in [-0.4, -0.2) is 35.9 Å². The van der Waals surface area contributed by atoms with Crippen molar-refractivity contribution in [3.05, 3.63) is 113 Å². The summed E-state index contributed by atoms with van der Waals surface area (Å²) < 4.78 is 3.59. The molecule has 0 amide bonds. The van der Waals surface area contributed by atoms with Crippen LogP contribution in [0.1, 0.15) is 16.7 Å². The Balaban J connectivity index is 1.39. The van der Waals surface area contributed by atoms with Crippen molar-refractivity contribution < 1.29 is 0 Å². The fourth-order valence-electron chi connectivity index (χ4n) is 3.36. The van der Waals surface area contributed by atoms with E-state index >= 15 is 0 Å². The van der Waals surface area contributed by atoms with Crippen molar-refractivity contribution in [3.8, 4) is 11.3 Å². The summed E-state index contributed by atoms with van der Waals surface area (Å²) in [6.07, 6.45) is 8.92. The fourth-order valence-corrected chi connectivity index (χ4v) is 4.30. The Hall–Kier alpha value is -3.75. The highest BCUT2D eigenvalue weighted by Gasteiger charge is 2.11. The lowest BCUT2D eigenvalue weighted by Crippen LogP contribution is -2.00. The number of hydrogen-bond acceptors (Lipinski definition) is 6. The smallest absolute Gasteiger partial charge is 0.212 e. The maximum atomic E-state index is 5.98. The molecule has 168 valence electrons. The molecule has 0 aliphatic carbocycles. The van der Waals surface area contributed by atoms with E-state index in [2.05, 4.69) is 32.4 Å². The number of aromatic nitrogens is 6. The molecule has 0 radical (unpaired) electrons. The number of benzene rings is 2. The average Bonchev–Trinajstić information content (AvgIpc) is 3.50. The molecule has 0 N–H and O–H groups in total. The van der Waals surface area contributed by atoms with Crippen LogP contribution in [0.3, 0.4) is 0 Å². The fraction of sp³-hybridized carbons (Fsp3) is 0.0800. The Bertz CT molecular complexity index is 1380. The minimum absolute atomic E-state index is 0.663. The van der Waals surface area contributed by atoms with Crippen LogP contribution in [0.25, 0.3) is 11.3 Å². The van der Waals surface area contributed by atoms with Crippen molar-refractivity contribution in [2.24, 2.45) is 5.10 Å². The number of thioether (sulfide) groups is 1. The summed E-state index contributed by atoms with van der Waals surface area (Å²) in [6.45, 7) is 0.663. The molecule has 3 aromatic heterocycles. The number of rotatable bonds is 8. The zero-order chi connectivity index (χ0) is 23.2. The third-order valence-corrected chi connectivity index (χ3v) is 6.27. The minimum Gasteiger partial charge on any atom is -0.267 e. The Morgan fingerprint density at radius 2 is 1.82 bits per heavy atom. The third kappa shape index (κ3) is 5.41. The van der Waals surface area contributed by atoms with Crippen molar-refractivity contribution in [2.45, 2.75) is 17.5 Å². The van der Waals surface area contributed by atoms with E-state index in [-0.39, 0.29) is 0 Å². The molecule has 2 aromatic carbocycles. The van der Waals surface area contributed by atoms with E-state index in [1.54, 1.807) is 41.4 Å². The standard InChI is InChI=1S/C25H20ClN7S/c26-23-10-8-20(9-11-23)17-34-25-30-28-18-33(25)29-14-22-16-32(15-19-5-2-1-3-6-19)31-24(22)21-7-4-12-27-13-21/h1-14,16,18H,15,17H2/b29-14+. The molecule has 7 nitrogen and oxygen atoms in total. The Kier molecular flexibility index (Phi) is 6.78. The largest absolute Gasteiger partial charge is 0.267 e. The minimum atomic E-state index is 0.663. The molecule has 0 saturated heterocycles. The van der Waals surface area contributed by atoms with Crippen molar-refractivity contribution in [3.63, 3.8) is 0 Å². The molecule has 0 fully saturated rings. The SMILES string of the molecule is Clc1ccc(CSc2nncn2/N=C/c2cn(Cc3ccccc3)nc2-c2cccnc2)cc1. The van der Waals surface area contributed by atoms with Gasteiger partial charge in [0.25, 0.3) is 0 Å². The second-order valence-corrected chi connectivity index (χ2v) is 8.85. The highest BCUT2D eigenvalue weighted by Crippen LogP contribution is 2.23. The molecule has 0 spiro atoms. The number of hydrogen-bond donors (Lipinski definition) is 0. The van der Waals surface area contributed by atoms with Crippen molar-refractivity contribution in [1.29, 1.82) is 0 Å². The lowest BCUT2D eigenvalue weighted by atomic mass is 10.1. The second-order valence-electron chi connectivity index (χ2n) is 7.48. The molecule has 34 heavy (non-hydrogen) atoms. The van der Waals surface area contributed by atoms with Crippen LogP contribution in [0.15, 0.2) is 102 Å². The maximum absolute atomic E-state index is 5.98. The quantitative estimate of drug-likeness (QED) is 0.217. The molecule has 0 aliphatic rings. The molecule has 5 rings (SSSR count).